The van der Waals surface area contributed by atoms with E-state index in [1.807, 2.05) is 37.3 Å². The van der Waals surface area contributed by atoms with Gasteiger partial charge in [0.25, 0.3) is 0 Å². The standard InChI is InChI=1S/C17H16ClN3O/c1-11-14(15-8-13(18)2-3-16(15)21-11)9-17(22)20-10-12-4-6-19-7-5-12/h2-8,21H,9-10H2,1H3,(H,20,22). The van der Waals surface area contributed by atoms with Crippen molar-refractivity contribution in [3.8, 4) is 0 Å². The van der Waals surface area contributed by atoms with Crippen LogP contribution < -0.4 is 5.32 Å². The molecule has 0 saturated carbocycles. The summed E-state index contributed by atoms with van der Waals surface area (Å²) in [6.45, 7) is 2.48. The van der Waals surface area contributed by atoms with E-state index in [1.54, 1.807) is 12.4 Å². The molecule has 2 N–H and O–H groups in total. The number of nitrogens with one attached hydrogen (secondary N) is 2. The van der Waals surface area contributed by atoms with Crippen LogP contribution in [0.2, 0.25) is 5.02 Å². The van der Waals surface area contributed by atoms with Gasteiger partial charge < -0.3 is 10.3 Å². The summed E-state index contributed by atoms with van der Waals surface area (Å²) in [7, 11) is 0. The second-order valence-electron chi connectivity index (χ2n) is 5.23. The normalized spacial score (nSPS) is 10.8. The van der Waals surface area contributed by atoms with Gasteiger partial charge in [0.05, 0.1) is 6.42 Å². The van der Waals surface area contributed by atoms with Gasteiger partial charge in [0.1, 0.15) is 0 Å². The number of hydrogen-bond donors (Lipinski definition) is 2. The Labute approximate surface area is 133 Å². The largest absolute Gasteiger partial charge is 0.358 e. The third-order valence-corrected chi connectivity index (χ3v) is 3.89. The Morgan fingerprint density at radius 3 is 2.82 bits per heavy atom. The number of amides is 1. The Morgan fingerprint density at radius 1 is 1.27 bits per heavy atom. The molecule has 0 fully saturated rings. The summed E-state index contributed by atoms with van der Waals surface area (Å²) in [6.07, 6.45) is 3.76. The number of carbonyl (C=O) groups excluding carboxylic acids is 1. The predicted octanol–water partition coefficient (Wildman–Crippen LogP) is 3.38. The van der Waals surface area contributed by atoms with E-state index in [0.29, 0.717) is 18.0 Å². The molecular formula is C17H16ClN3O. The number of H-pyrrole nitrogens is 1. The molecule has 0 aliphatic carbocycles. The zero-order valence-electron chi connectivity index (χ0n) is 12.2. The van der Waals surface area contributed by atoms with Crippen LogP contribution >= 0.6 is 11.6 Å². The number of benzene rings is 1. The summed E-state index contributed by atoms with van der Waals surface area (Å²) < 4.78 is 0. The first-order valence-corrected chi connectivity index (χ1v) is 7.43. The zero-order valence-corrected chi connectivity index (χ0v) is 12.9. The van der Waals surface area contributed by atoms with Crippen molar-refractivity contribution in [1.29, 1.82) is 0 Å². The van der Waals surface area contributed by atoms with E-state index in [0.717, 1.165) is 27.7 Å². The minimum absolute atomic E-state index is 0.0132. The second kappa shape index (κ2) is 6.20. The fourth-order valence-corrected chi connectivity index (χ4v) is 2.68. The Balaban J connectivity index is 1.74. The average Bonchev–Trinajstić information content (AvgIpc) is 2.82. The van der Waals surface area contributed by atoms with E-state index in [-0.39, 0.29) is 5.91 Å². The van der Waals surface area contributed by atoms with E-state index in [1.165, 1.54) is 0 Å². The minimum Gasteiger partial charge on any atom is -0.358 e. The van der Waals surface area contributed by atoms with Crippen LogP contribution in [0, 0.1) is 6.92 Å². The van der Waals surface area contributed by atoms with Crippen LogP contribution in [0.3, 0.4) is 0 Å². The van der Waals surface area contributed by atoms with Crippen LogP contribution in [0.1, 0.15) is 16.8 Å². The van der Waals surface area contributed by atoms with Gasteiger partial charge >= 0.3 is 0 Å². The molecule has 22 heavy (non-hydrogen) atoms. The van der Waals surface area contributed by atoms with Crippen LogP contribution in [0.15, 0.2) is 42.7 Å². The second-order valence-corrected chi connectivity index (χ2v) is 5.66. The summed E-state index contributed by atoms with van der Waals surface area (Å²) in [5.41, 5.74) is 4.02. The predicted molar refractivity (Wildman–Crippen MR) is 87.8 cm³/mol. The fraction of sp³-hybridized carbons (Fsp3) is 0.176. The average molecular weight is 314 g/mol. The Kier molecular flexibility index (Phi) is 4.11. The number of halogens is 1. The maximum Gasteiger partial charge on any atom is 0.224 e. The molecular weight excluding hydrogens is 298 g/mol. The molecule has 3 aromatic rings. The van der Waals surface area contributed by atoms with Crippen LogP contribution in [0.5, 0.6) is 0 Å². The molecule has 0 spiro atoms. The first-order valence-electron chi connectivity index (χ1n) is 7.06. The molecule has 0 saturated heterocycles. The van der Waals surface area contributed by atoms with E-state index in [4.69, 9.17) is 11.6 Å². The quantitative estimate of drug-likeness (QED) is 0.775. The Morgan fingerprint density at radius 2 is 2.05 bits per heavy atom. The smallest absolute Gasteiger partial charge is 0.224 e. The topological polar surface area (TPSA) is 57.8 Å². The summed E-state index contributed by atoms with van der Waals surface area (Å²) >= 11 is 6.06. The van der Waals surface area contributed by atoms with Crippen molar-refractivity contribution < 1.29 is 4.79 Å². The minimum atomic E-state index is -0.0132. The SMILES string of the molecule is Cc1[nH]c2ccc(Cl)cc2c1CC(=O)NCc1ccncc1. The van der Waals surface area contributed by atoms with Gasteiger partial charge in [-0.05, 0) is 48.4 Å². The summed E-state index contributed by atoms with van der Waals surface area (Å²) in [5, 5.41) is 4.61. The lowest BCUT2D eigenvalue weighted by Crippen LogP contribution is -2.24. The van der Waals surface area contributed by atoms with Crippen molar-refractivity contribution in [2.24, 2.45) is 0 Å². The third-order valence-electron chi connectivity index (χ3n) is 3.66. The highest BCUT2D eigenvalue weighted by molar-refractivity contribution is 6.31. The van der Waals surface area contributed by atoms with Gasteiger partial charge in [-0.1, -0.05) is 11.6 Å². The first-order chi connectivity index (χ1) is 10.6. The number of aryl methyl sites for hydroxylation is 1. The molecule has 5 heteroatoms. The van der Waals surface area contributed by atoms with Crippen LogP contribution in [0.4, 0.5) is 0 Å². The summed E-state index contributed by atoms with van der Waals surface area (Å²) in [6, 6.07) is 9.44. The summed E-state index contributed by atoms with van der Waals surface area (Å²) in [5.74, 6) is -0.0132. The van der Waals surface area contributed by atoms with Crippen molar-refractivity contribution in [3.63, 3.8) is 0 Å². The maximum absolute atomic E-state index is 12.2. The molecule has 1 amide bonds. The number of rotatable bonds is 4. The van der Waals surface area contributed by atoms with Gasteiger partial charge in [-0.15, -0.1) is 0 Å². The number of nitrogens with zero attached hydrogens (tertiary/aromatic N) is 1. The number of aromatic nitrogens is 2. The van der Waals surface area contributed by atoms with Gasteiger partial charge in [-0.2, -0.15) is 0 Å². The Bertz CT molecular complexity index is 811. The van der Waals surface area contributed by atoms with Crippen LogP contribution in [-0.4, -0.2) is 15.9 Å². The lowest BCUT2D eigenvalue weighted by atomic mass is 10.1. The molecule has 0 aliphatic heterocycles. The molecule has 0 radical (unpaired) electrons. The van der Waals surface area contributed by atoms with Crippen molar-refractivity contribution in [2.45, 2.75) is 19.9 Å². The van der Waals surface area contributed by atoms with Crippen LogP contribution in [-0.2, 0) is 17.8 Å². The van der Waals surface area contributed by atoms with Crippen molar-refractivity contribution in [2.75, 3.05) is 0 Å². The highest BCUT2D eigenvalue weighted by Crippen LogP contribution is 2.25. The van der Waals surface area contributed by atoms with Gasteiger partial charge in [0.2, 0.25) is 5.91 Å². The number of pyridine rings is 1. The van der Waals surface area contributed by atoms with E-state index in [9.17, 15) is 4.79 Å². The van der Waals surface area contributed by atoms with Gasteiger partial charge in [-0.25, -0.2) is 0 Å². The highest BCUT2D eigenvalue weighted by Gasteiger charge is 2.12. The number of hydrogen-bond acceptors (Lipinski definition) is 2. The fourth-order valence-electron chi connectivity index (χ4n) is 2.51. The number of fused-ring (bicyclic) bond motifs is 1. The van der Waals surface area contributed by atoms with Crippen LogP contribution in [0.25, 0.3) is 10.9 Å². The van der Waals surface area contributed by atoms with Gasteiger partial charge in [0, 0.05) is 40.6 Å². The molecule has 0 unspecified atom stereocenters. The van der Waals surface area contributed by atoms with E-state index >= 15 is 0 Å². The molecule has 2 aromatic heterocycles. The van der Waals surface area contributed by atoms with E-state index in [2.05, 4.69) is 15.3 Å². The molecule has 112 valence electrons. The monoisotopic (exact) mass is 313 g/mol. The van der Waals surface area contributed by atoms with Gasteiger partial charge in [0.15, 0.2) is 0 Å². The van der Waals surface area contributed by atoms with Gasteiger partial charge in [-0.3, -0.25) is 9.78 Å². The first kappa shape index (κ1) is 14.6. The van der Waals surface area contributed by atoms with Crippen molar-refractivity contribution in [3.05, 3.63) is 64.6 Å². The molecule has 0 bridgehead atoms. The number of carbonyl (C=O) groups is 1. The molecule has 3 rings (SSSR count). The molecule has 0 atom stereocenters. The Hall–Kier alpha value is -2.33. The molecule has 1 aromatic carbocycles. The van der Waals surface area contributed by atoms with Crippen molar-refractivity contribution >= 4 is 28.4 Å². The third kappa shape index (κ3) is 3.12. The molecule has 2 heterocycles. The lowest BCUT2D eigenvalue weighted by molar-refractivity contribution is -0.120. The van der Waals surface area contributed by atoms with E-state index < -0.39 is 0 Å². The lowest BCUT2D eigenvalue weighted by Gasteiger charge is -2.06. The highest BCUT2D eigenvalue weighted by atomic mass is 35.5. The number of aromatic amines is 1. The maximum atomic E-state index is 12.2. The summed E-state index contributed by atoms with van der Waals surface area (Å²) in [4.78, 5) is 19.4. The molecule has 0 aliphatic rings. The zero-order chi connectivity index (χ0) is 15.5. The van der Waals surface area contributed by atoms with Crippen molar-refractivity contribution in [1.82, 2.24) is 15.3 Å². The molecule has 4 nitrogen and oxygen atoms in total.